The Hall–Kier alpha value is -1.11. The Labute approximate surface area is 99.9 Å². The van der Waals surface area contributed by atoms with E-state index in [9.17, 15) is 4.79 Å². The fraction of sp³-hybridized carbons (Fsp3) is 0.533. The predicted molar refractivity (Wildman–Crippen MR) is 71.4 cm³/mol. The molecular formula is C15H24O. The van der Waals surface area contributed by atoms with Crippen molar-refractivity contribution in [3.05, 3.63) is 35.5 Å². The molecule has 0 aliphatic rings. The molecule has 0 spiro atoms. The van der Waals surface area contributed by atoms with E-state index in [0.29, 0.717) is 0 Å². The van der Waals surface area contributed by atoms with Crippen molar-refractivity contribution in [2.75, 3.05) is 0 Å². The summed E-state index contributed by atoms with van der Waals surface area (Å²) >= 11 is 0. The molecule has 1 nitrogen and oxygen atoms in total. The minimum atomic E-state index is 0.0441. The smallest absolute Gasteiger partial charge is 0.178 e. The summed E-state index contributed by atoms with van der Waals surface area (Å²) in [5.41, 5.74) is 2.40. The summed E-state index contributed by atoms with van der Waals surface area (Å²) in [5, 5.41) is 0. The third kappa shape index (κ3) is 8.22. The number of allylic oxidation sites excluding steroid dienone is 6. The summed E-state index contributed by atoms with van der Waals surface area (Å²) in [6.45, 7) is 12.3. The molecule has 0 heterocycles. The SMILES string of the molecule is CC(C)=CCC(C)(C)/C=C/C(=O)C=C(C)C. The van der Waals surface area contributed by atoms with Crippen LogP contribution < -0.4 is 0 Å². The van der Waals surface area contributed by atoms with Crippen molar-refractivity contribution in [3.8, 4) is 0 Å². The Bertz CT molecular complexity index is 319. The average molecular weight is 220 g/mol. The van der Waals surface area contributed by atoms with Crippen LogP contribution >= 0.6 is 0 Å². The fourth-order valence-corrected chi connectivity index (χ4v) is 1.18. The topological polar surface area (TPSA) is 17.1 Å². The second-order valence-corrected chi connectivity index (χ2v) is 5.43. The van der Waals surface area contributed by atoms with Crippen LogP contribution in [0, 0.1) is 5.41 Å². The number of hydrogen-bond acceptors (Lipinski definition) is 1. The van der Waals surface area contributed by atoms with E-state index in [1.54, 1.807) is 12.2 Å². The van der Waals surface area contributed by atoms with Gasteiger partial charge in [0.25, 0.3) is 0 Å². The molecule has 0 rings (SSSR count). The van der Waals surface area contributed by atoms with Crippen molar-refractivity contribution in [1.82, 2.24) is 0 Å². The molecule has 0 radical (unpaired) electrons. The molecular weight excluding hydrogens is 196 g/mol. The molecule has 0 fully saturated rings. The van der Waals surface area contributed by atoms with Gasteiger partial charge in [-0.3, -0.25) is 4.79 Å². The van der Waals surface area contributed by atoms with Crippen molar-refractivity contribution in [2.45, 2.75) is 48.0 Å². The van der Waals surface area contributed by atoms with Crippen LogP contribution in [0.3, 0.4) is 0 Å². The van der Waals surface area contributed by atoms with Crippen LogP contribution in [0.2, 0.25) is 0 Å². The number of rotatable bonds is 5. The Kier molecular flexibility index (Phi) is 6.02. The van der Waals surface area contributed by atoms with Gasteiger partial charge < -0.3 is 0 Å². The highest BCUT2D eigenvalue weighted by atomic mass is 16.1. The zero-order valence-corrected chi connectivity index (χ0v) is 11.4. The third-order valence-electron chi connectivity index (χ3n) is 2.17. The summed E-state index contributed by atoms with van der Waals surface area (Å²) in [6.07, 6.45) is 8.50. The monoisotopic (exact) mass is 220 g/mol. The van der Waals surface area contributed by atoms with Crippen LogP contribution in [0.1, 0.15) is 48.0 Å². The molecule has 16 heavy (non-hydrogen) atoms. The number of carbonyl (C=O) groups is 1. The lowest BCUT2D eigenvalue weighted by molar-refractivity contribution is -0.110. The van der Waals surface area contributed by atoms with E-state index in [1.165, 1.54) is 5.57 Å². The molecule has 0 saturated carbocycles. The van der Waals surface area contributed by atoms with Gasteiger partial charge >= 0.3 is 0 Å². The Morgan fingerprint density at radius 3 is 2.06 bits per heavy atom. The van der Waals surface area contributed by atoms with E-state index in [1.807, 2.05) is 19.9 Å². The predicted octanol–water partition coefficient (Wildman–Crippen LogP) is 4.46. The number of carbonyl (C=O) groups excluding carboxylic acids is 1. The van der Waals surface area contributed by atoms with Gasteiger partial charge in [-0.25, -0.2) is 0 Å². The van der Waals surface area contributed by atoms with Crippen molar-refractivity contribution in [2.24, 2.45) is 5.41 Å². The van der Waals surface area contributed by atoms with Crippen LogP contribution in [0.4, 0.5) is 0 Å². The highest BCUT2D eigenvalue weighted by molar-refractivity contribution is 5.99. The maximum Gasteiger partial charge on any atom is 0.178 e. The van der Waals surface area contributed by atoms with E-state index in [2.05, 4.69) is 33.8 Å². The lowest BCUT2D eigenvalue weighted by Gasteiger charge is -2.17. The van der Waals surface area contributed by atoms with Crippen LogP contribution in [-0.4, -0.2) is 5.78 Å². The van der Waals surface area contributed by atoms with Gasteiger partial charge in [0, 0.05) is 0 Å². The van der Waals surface area contributed by atoms with E-state index < -0.39 is 0 Å². The molecule has 0 unspecified atom stereocenters. The van der Waals surface area contributed by atoms with Crippen LogP contribution in [0.15, 0.2) is 35.5 Å². The zero-order chi connectivity index (χ0) is 12.8. The number of hydrogen-bond donors (Lipinski definition) is 0. The standard InChI is InChI=1S/C15H24O/c1-12(2)7-9-15(5,6)10-8-14(16)11-13(3)4/h7-8,10-11H,9H2,1-6H3/b10-8+. The highest BCUT2D eigenvalue weighted by Gasteiger charge is 2.11. The summed E-state index contributed by atoms with van der Waals surface area (Å²) in [5.74, 6) is 0.0743. The van der Waals surface area contributed by atoms with Gasteiger partial charge in [-0.1, -0.05) is 37.1 Å². The van der Waals surface area contributed by atoms with Crippen molar-refractivity contribution < 1.29 is 4.79 Å². The van der Waals surface area contributed by atoms with Crippen LogP contribution in [0.25, 0.3) is 0 Å². The van der Waals surface area contributed by atoms with Crippen molar-refractivity contribution in [3.63, 3.8) is 0 Å². The zero-order valence-electron chi connectivity index (χ0n) is 11.4. The highest BCUT2D eigenvalue weighted by Crippen LogP contribution is 2.23. The largest absolute Gasteiger partial charge is 0.290 e. The van der Waals surface area contributed by atoms with E-state index in [0.717, 1.165) is 12.0 Å². The van der Waals surface area contributed by atoms with Gasteiger partial charge in [-0.15, -0.1) is 0 Å². The fourth-order valence-electron chi connectivity index (χ4n) is 1.18. The van der Waals surface area contributed by atoms with Crippen molar-refractivity contribution in [1.29, 1.82) is 0 Å². The molecule has 0 atom stereocenters. The third-order valence-corrected chi connectivity index (χ3v) is 2.17. The summed E-state index contributed by atoms with van der Waals surface area (Å²) in [4.78, 5) is 11.5. The molecule has 0 aromatic rings. The Morgan fingerprint density at radius 2 is 1.62 bits per heavy atom. The van der Waals surface area contributed by atoms with Gasteiger partial charge in [-0.05, 0) is 51.7 Å². The number of ketones is 1. The normalized spacial score (nSPS) is 11.4. The molecule has 0 aliphatic carbocycles. The first-order valence-electron chi connectivity index (χ1n) is 5.74. The minimum absolute atomic E-state index is 0.0441. The first kappa shape index (κ1) is 14.9. The second-order valence-electron chi connectivity index (χ2n) is 5.43. The summed E-state index contributed by atoms with van der Waals surface area (Å²) in [6, 6.07) is 0. The maximum absolute atomic E-state index is 11.5. The minimum Gasteiger partial charge on any atom is -0.290 e. The van der Waals surface area contributed by atoms with Gasteiger partial charge in [0.2, 0.25) is 0 Å². The molecule has 0 aromatic carbocycles. The van der Waals surface area contributed by atoms with E-state index in [-0.39, 0.29) is 11.2 Å². The molecule has 0 amide bonds. The van der Waals surface area contributed by atoms with Crippen molar-refractivity contribution >= 4 is 5.78 Å². The van der Waals surface area contributed by atoms with Gasteiger partial charge in [-0.2, -0.15) is 0 Å². The molecule has 0 aliphatic heterocycles. The van der Waals surface area contributed by atoms with E-state index in [4.69, 9.17) is 0 Å². The first-order valence-corrected chi connectivity index (χ1v) is 5.74. The quantitative estimate of drug-likeness (QED) is 0.494. The first-order chi connectivity index (χ1) is 7.23. The lowest BCUT2D eigenvalue weighted by atomic mass is 9.88. The average Bonchev–Trinajstić information content (AvgIpc) is 2.11. The maximum atomic E-state index is 11.5. The molecule has 0 bridgehead atoms. The molecule has 0 N–H and O–H groups in total. The Morgan fingerprint density at radius 1 is 1.06 bits per heavy atom. The van der Waals surface area contributed by atoms with Crippen LogP contribution in [-0.2, 0) is 4.79 Å². The lowest BCUT2D eigenvalue weighted by Crippen LogP contribution is -2.06. The molecule has 0 aromatic heterocycles. The van der Waals surface area contributed by atoms with Gasteiger partial charge in [0.15, 0.2) is 5.78 Å². The van der Waals surface area contributed by atoms with Gasteiger partial charge in [0.05, 0.1) is 0 Å². The molecule has 1 heteroatoms. The van der Waals surface area contributed by atoms with Gasteiger partial charge in [0.1, 0.15) is 0 Å². The molecule has 90 valence electrons. The van der Waals surface area contributed by atoms with E-state index >= 15 is 0 Å². The second kappa shape index (κ2) is 6.47. The Balaban J connectivity index is 4.47. The summed E-state index contributed by atoms with van der Waals surface area (Å²) < 4.78 is 0. The summed E-state index contributed by atoms with van der Waals surface area (Å²) in [7, 11) is 0. The van der Waals surface area contributed by atoms with Crippen LogP contribution in [0.5, 0.6) is 0 Å². The molecule has 0 saturated heterocycles.